The summed E-state index contributed by atoms with van der Waals surface area (Å²) >= 11 is 1.27. The zero-order valence-corrected chi connectivity index (χ0v) is 17.1. The Morgan fingerprint density at radius 3 is 2.79 bits per heavy atom. The van der Waals surface area contributed by atoms with E-state index in [1.165, 1.54) is 22.9 Å². The Labute approximate surface area is 168 Å². The third-order valence-electron chi connectivity index (χ3n) is 4.66. The van der Waals surface area contributed by atoms with E-state index in [1.54, 1.807) is 26.2 Å². The Morgan fingerprint density at radius 2 is 2.14 bits per heavy atom. The average Bonchev–Trinajstić information content (AvgIpc) is 3.01. The van der Waals surface area contributed by atoms with Crippen LogP contribution in [0.2, 0.25) is 0 Å². The van der Waals surface area contributed by atoms with Gasteiger partial charge in [0.05, 0.1) is 10.8 Å². The highest BCUT2D eigenvalue weighted by Gasteiger charge is 2.38. The van der Waals surface area contributed by atoms with E-state index in [9.17, 15) is 14.4 Å². The molecule has 3 rings (SSSR count). The molecule has 2 aliphatic rings. The predicted octanol–water partition coefficient (Wildman–Crippen LogP) is 2.17. The van der Waals surface area contributed by atoms with Gasteiger partial charge in [0.25, 0.3) is 0 Å². The van der Waals surface area contributed by atoms with Gasteiger partial charge in [-0.05, 0) is 38.3 Å². The molecular formula is C19H25N5O3S. The van der Waals surface area contributed by atoms with Crippen LogP contribution in [0.3, 0.4) is 0 Å². The zero-order chi connectivity index (χ0) is 20.3. The van der Waals surface area contributed by atoms with Crippen molar-refractivity contribution in [1.29, 1.82) is 0 Å². The Hall–Kier alpha value is -2.55. The molecule has 1 aromatic heterocycles. The minimum Gasteiger partial charge on any atom is -0.370 e. The highest BCUT2D eigenvalue weighted by Crippen LogP contribution is 2.38. The lowest BCUT2D eigenvalue weighted by Gasteiger charge is -2.19. The summed E-state index contributed by atoms with van der Waals surface area (Å²) in [5.74, 6) is -0.383. The van der Waals surface area contributed by atoms with Crippen LogP contribution in [-0.4, -0.2) is 53.6 Å². The van der Waals surface area contributed by atoms with Gasteiger partial charge in [0.1, 0.15) is 5.82 Å². The number of nitrogens with one attached hydrogen (secondary N) is 3. The van der Waals surface area contributed by atoms with Gasteiger partial charge in [-0.1, -0.05) is 11.8 Å². The number of rotatable bonds is 5. The predicted molar refractivity (Wildman–Crippen MR) is 109 cm³/mol. The molecule has 28 heavy (non-hydrogen) atoms. The smallest absolute Gasteiger partial charge is 0.319 e. The number of urea groups is 1. The SMILES string of the molecule is CCNc1ccc(C(=O)C2CCCC3=C(SC(NC(=O)N(C)C)N3)C2=O)cn1. The van der Waals surface area contributed by atoms with Crippen LogP contribution in [0.15, 0.2) is 28.9 Å². The van der Waals surface area contributed by atoms with Crippen LogP contribution in [0.4, 0.5) is 10.6 Å². The standard InChI is InChI=1S/C19H25N5O3S/c1-4-20-14-9-8-11(10-21-14)15(25)12-6-5-7-13-17(16(12)26)28-18(22-13)23-19(27)24(2)3/h8-10,12,18,22H,4-7H2,1-3H3,(H,20,21)(H,23,27). The molecule has 2 unspecified atom stereocenters. The van der Waals surface area contributed by atoms with Crippen LogP contribution in [-0.2, 0) is 4.79 Å². The number of pyridine rings is 1. The number of anilines is 1. The van der Waals surface area contributed by atoms with E-state index in [2.05, 4.69) is 20.9 Å². The highest BCUT2D eigenvalue weighted by atomic mass is 32.2. The van der Waals surface area contributed by atoms with Gasteiger partial charge in [-0.15, -0.1) is 0 Å². The monoisotopic (exact) mass is 403 g/mol. The first-order valence-electron chi connectivity index (χ1n) is 9.33. The first-order chi connectivity index (χ1) is 13.4. The van der Waals surface area contributed by atoms with Crippen molar-refractivity contribution in [2.24, 2.45) is 5.92 Å². The zero-order valence-electron chi connectivity index (χ0n) is 16.2. The number of allylic oxidation sites excluding steroid dienone is 2. The van der Waals surface area contributed by atoms with Crippen molar-refractivity contribution < 1.29 is 14.4 Å². The quantitative estimate of drug-likeness (QED) is 0.511. The van der Waals surface area contributed by atoms with Gasteiger partial charge in [0, 0.05) is 38.1 Å². The number of Topliss-reactive ketones (excluding diaryl/α,β-unsaturated/α-hetero) is 2. The fourth-order valence-electron chi connectivity index (χ4n) is 3.19. The van der Waals surface area contributed by atoms with Crippen LogP contribution < -0.4 is 16.0 Å². The lowest BCUT2D eigenvalue weighted by atomic mass is 9.91. The maximum atomic E-state index is 13.1. The summed E-state index contributed by atoms with van der Waals surface area (Å²) in [6, 6.07) is 3.22. The van der Waals surface area contributed by atoms with Crippen LogP contribution in [0, 0.1) is 5.92 Å². The van der Waals surface area contributed by atoms with Crippen molar-refractivity contribution in [3.63, 3.8) is 0 Å². The van der Waals surface area contributed by atoms with Gasteiger partial charge in [0.2, 0.25) is 0 Å². The van der Waals surface area contributed by atoms with Crippen LogP contribution in [0.5, 0.6) is 0 Å². The molecule has 2 heterocycles. The first kappa shape index (κ1) is 20.2. The highest BCUT2D eigenvalue weighted by molar-refractivity contribution is 8.04. The molecule has 1 aliphatic heterocycles. The lowest BCUT2D eigenvalue weighted by Crippen LogP contribution is -2.44. The van der Waals surface area contributed by atoms with Crippen molar-refractivity contribution >= 4 is 35.2 Å². The number of thioether (sulfide) groups is 1. The molecule has 8 nitrogen and oxygen atoms in total. The third kappa shape index (κ3) is 4.30. The molecule has 1 aliphatic carbocycles. The van der Waals surface area contributed by atoms with Crippen molar-refractivity contribution in [1.82, 2.24) is 20.5 Å². The summed E-state index contributed by atoms with van der Waals surface area (Å²) < 4.78 is 0. The van der Waals surface area contributed by atoms with Crippen LogP contribution >= 0.6 is 11.8 Å². The second-order valence-electron chi connectivity index (χ2n) is 6.93. The van der Waals surface area contributed by atoms with Crippen molar-refractivity contribution in [2.45, 2.75) is 31.7 Å². The van der Waals surface area contributed by atoms with Crippen molar-refractivity contribution in [3.05, 3.63) is 34.5 Å². The van der Waals surface area contributed by atoms with Crippen LogP contribution in [0.1, 0.15) is 36.5 Å². The molecule has 0 radical (unpaired) electrons. The number of amides is 2. The number of ketones is 2. The molecule has 1 aromatic rings. The van der Waals surface area contributed by atoms with Gasteiger partial charge in [-0.25, -0.2) is 9.78 Å². The van der Waals surface area contributed by atoms with E-state index >= 15 is 0 Å². The van der Waals surface area contributed by atoms with Gasteiger partial charge in [0.15, 0.2) is 17.1 Å². The molecule has 0 fully saturated rings. The third-order valence-corrected chi connectivity index (χ3v) is 5.81. The molecule has 2 atom stereocenters. The number of aromatic nitrogens is 1. The topological polar surface area (TPSA) is 103 Å². The number of carbonyl (C=O) groups excluding carboxylic acids is 3. The van der Waals surface area contributed by atoms with Gasteiger partial charge in [-0.2, -0.15) is 0 Å². The number of carbonyl (C=O) groups is 3. The second kappa shape index (κ2) is 8.64. The molecule has 0 saturated heterocycles. The Bertz CT molecular complexity index is 806. The maximum absolute atomic E-state index is 13.1. The van der Waals surface area contributed by atoms with E-state index in [4.69, 9.17) is 0 Å². The molecule has 0 bridgehead atoms. The fraction of sp³-hybridized carbons (Fsp3) is 0.474. The van der Waals surface area contributed by atoms with Gasteiger partial charge >= 0.3 is 6.03 Å². The molecule has 150 valence electrons. The fourth-order valence-corrected chi connectivity index (χ4v) is 4.35. The maximum Gasteiger partial charge on any atom is 0.319 e. The Morgan fingerprint density at radius 1 is 1.36 bits per heavy atom. The number of nitrogens with zero attached hydrogens (tertiary/aromatic N) is 2. The molecule has 0 aromatic carbocycles. The van der Waals surface area contributed by atoms with Crippen molar-refractivity contribution in [3.8, 4) is 0 Å². The Balaban J connectivity index is 1.72. The largest absolute Gasteiger partial charge is 0.370 e. The van der Waals surface area contributed by atoms with E-state index in [1.807, 2.05) is 6.92 Å². The van der Waals surface area contributed by atoms with E-state index in [0.29, 0.717) is 29.1 Å². The lowest BCUT2D eigenvalue weighted by molar-refractivity contribution is -0.117. The van der Waals surface area contributed by atoms with Crippen molar-refractivity contribution in [2.75, 3.05) is 26.0 Å². The Kier molecular flexibility index (Phi) is 6.23. The summed E-state index contributed by atoms with van der Waals surface area (Å²) in [4.78, 5) is 44.1. The minimum atomic E-state index is -0.711. The number of hydrogen-bond acceptors (Lipinski definition) is 7. The molecule has 0 spiro atoms. The van der Waals surface area contributed by atoms with E-state index < -0.39 is 11.4 Å². The average molecular weight is 404 g/mol. The first-order valence-corrected chi connectivity index (χ1v) is 10.2. The van der Waals surface area contributed by atoms with E-state index in [0.717, 1.165) is 18.7 Å². The van der Waals surface area contributed by atoms with Gasteiger partial charge < -0.3 is 20.9 Å². The summed E-state index contributed by atoms with van der Waals surface area (Å²) in [5, 5.41) is 9.10. The normalized spacial score (nSPS) is 21.5. The summed E-state index contributed by atoms with van der Waals surface area (Å²) in [5.41, 5.74) is 0.853. The molecular weight excluding hydrogens is 378 g/mol. The van der Waals surface area contributed by atoms with Gasteiger partial charge in [-0.3, -0.25) is 9.59 Å². The molecule has 0 saturated carbocycles. The number of hydrogen-bond donors (Lipinski definition) is 3. The second-order valence-corrected chi connectivity index (χ2v) is 8.04. The molecule has 3 N–H and O–H groups in total. The summed E-state index contributed by atoms with van der Waals surface area (Å²) in [6.07, 6.45) is 3.44. The van der Waals surface area contributed by atoms with Crippen LogP contribution in [0.25, 0.3) is 0 Å². The molecule has 2 amide bonds. The minimum absolute atomic E-state index is 0.174. The summed E-state index contributed by atoms with van der Waals surface area (Å²) in [6.45, 7) is 2.71. The van der Waals surface area contributed by atoms with E-state index in [-0.39, 0.29) is 17.6 Å². The molecule has 9 heteroatoms. The summed E-state index contributed by atoms with van der Waals surface area (Å²) in [7, 11) is 3.31.